The van der Waals surface area contributed by atoms with E-state index in [1.54, 1.807) is 0 Å². The summed E-state index contributed by atoms with van der Waals surface area (Å²) in [6, 6.07) is 16.5. The quantitative estimate of drug-likeness (QED) is 0.365. The topological polar surface area (TPSA) is 86.1 Å². The molecule has 1 aliphatic heterocycles. The lowest BCUT2D eigenvalue weighted by Gasteiger charge is -2.11. The summed E-state index contributed by atoms with van der Waals surface area (Å²) in [6.07, 6.45) is 2.73. The van der Waals surface area contributed by atoms with E-state index in [1.165, 1.54) is 5.56 Å². The number of nitrogens with one attached hydrogen (secondary N) is 2. The minimum Gasteiger partial charge on any atom is -0.490 e. The Hall–Kier alpha value is -4.33. The van der Waals surface area contributed by atoms with Gasteiger partial charge in [0, 0.05) is 54.8 Å². The maximum Gasteiger partial charge on any atom is 0.222 e. The molecular weight excluding hydrogens is 440 g/mol. The number of anilines is 3. The highest BCUT2D eigenvalue weighted by molar-refractivity contribution is 6.03. The number of aromatic nitrogens is 4. The average molecular weight is 467 g/mol. The fourth-order valence-corrected chi connectivity index (χ4v) is 4.62. The molecule has 0 atom stereocenters. The maximum absolute atomic E-state index is 5.86. The summed E-state index contributed by atoms with van der Waals surface area (Å²) in [7, 11) is 3.80. The van der Waals surface area contributed by atoms with E-state index in [1.807, 2.05) is 49.2 Å². The van der Waals surface area contributed by atoms with Gasteiger partial charge in [0.25, 0.3) is 0 Å². The summed E-state index contributed by atoms with van der Waals surface area (Å²) in [4.78, 5) is 8.93. The average Bonchev–Trinajstić information content (AvgIpc) is 3.03. The van der Waals surface area contributed by atoms with E-state index in [0.29, 0.717) is 19.2 Å². The van der Waals surface area contributed by atoms with Gasteiger partial charge in [0.1, 0.15) is 0 Å². The van der Waals surface area contributed by atoms with Crippen LogP contribution in [0.4, 0.5) is 17.5 Å². The second-order valence-electron chi connectivity index (χ2n) is 8.68. The number of hydrogen-bond donors (Lipinski definition) is 2. The zero-order chi connectivity index (χ0) is 23.9. The van der Waals surface area contributed by atoms with Crippen LogP contribution in [0.15, 0.2) is 54.7 Å². The van der Waals surface area contributed by atoms with Gasteiger partial charge in [-0.1, -0.05) is 12.1 Å². The van der Waals surface area contributed by atoms with Crippen molar-refractivity contribution in [1.29, 1.82) is 0 Å². The van der Waals surface area contributed by atoms with Crippen LogP contribution in [0.25, 0.3) is 32.9 Å². The van der Waals surface area contributed by atoms with E-state index in [0.717, 1.165) is 62.4 Å². The number of benzene rings is 3. The van der Waals surface area contributed by atoms with E-state index >= 15 is 0 Å². The van der Waals surface area contributed by atoms with Gasteiger partial charge in [0.2, 0.25) is 5.95 Å². The van der Waals surface area contributed by atoms with Crippen LogP contribution >= 0.6 is 0 Å². The van der Waals surface area contributed by atoms with Crippen molar-refractivity contribution in [2.45, 2.75) is 13.3 Å². The molecule has 0 amide bonds. The van der Waals surface area contributed by atoms with Crippen LogP contribution in [0.1, 0.15) is 12.0 Å². The maximum atomic E-state index is 5.86. The van der Waals surface area contributed by atoms with Gasteiger partial charge in [0.15, 0.2) is 17.3 Å². The van der Waals surface area contributed by atoms with Crippen LogP contribution < -0.4 is 20.1 Å². The molecule has 3 aromatic carbocycles. The van der Waals surface area contributed by atoms with Gasteiger partial charge in [0.05, 0.1) is 24.2 Å². The van der Waals surface area contributed by atoms with Gasteiger partial charge in [-0.25, -0.2) is 9.97 Å². The molecule has 176 valence electrons. The van der Waals surface area contributed by atoms with Crippen molar-refractivity contribution in [2.75, 3.05) is 30.9 Å². The predicted octanol–water partition coefficient (Wildman–Crippen LogP) is 5.44. The van der Waals surface area contributed by atoms with Crippen molar-refractivity contribution in [2.24, 2.45) is 7.05 Å². The minimum atomic E-state index is 0.612. The Labute approximate surface area is 202 Å². The van der Waals surface area contributed by atoms with Crippen LogP contribution in [0.5, 0.6) is 11.5 Å². The van der Waals surface area contributed by atoms with Gasteiger partial charge < -0.3 is 20.1 Å². The second-order valence-corrected chi connectivity index (χ2v) is 8.68. The third kappa shape index (κ3) is 3.77. The van der Waals surface area contributed by atoms with Gasteiger partial charge in [-0.15, -0.1) is 0 Å². The van der Waals surface area contributed by atoms with Crippen molar-refractivity contribution in [1.82, 2.24) is 19.7 Å². The summed E-state index contributed by atoms with van der Waals surface area (Å²) < 4.78 is 13.6. The summed E-state index contributed by atoms with van der Waals surface area (Å²) in [5, 5.41) is 13.3. The first-order valence-corrected chi connectivity index (χ1v) is 11.7. The first kappa shape index (κ1) is 21.2. The Morgan fingerprint density at radius 1 is 0.971 bits per heavy atom. The molecule has 0 bridgehead atoms. The Balaban J connectivity index is 1.43. The fraction of sp³-hybridized carbons (Fsp3) is 0.222. The molecular formula is C27H26N6O2. The number of aryl methyl sites for hydroxylation is 2. The van der Waals surface area contributed by atoms with Crippen molar-refractivity contribution < 1.29 is 9.47 Å². The lowest BCUT2D eigenvalue weighted by atomic mass is 9.96. The number of nitrogens with zero attached hydrogens (tertiary/aromatic N) is 4. The summed E-state index contributed by atoms with van der Waals surface area (Å²) >= 11 is 0. The molecule has 3 heterocycles. The van der Waals surface area contributed by atoms with Gasteiger partial charge in [-0.3, -0.25) is 4.68 Å². The summed E-state index contributed by atoms with van der Waals surface area (Å²) in [5.74, 6) is 2.93. The predicted molar refractivity (Wildman–Crippen MR) is 139 cm³/mol. The first-order chi connectivity index (χ1) is 17.1. The van der Waals surface area contributed by atoms with Crippen LogP contribution in [0.2, 0.25) is 0 Å². The van der Waals surface area contributed by atoms with E-state index in [4.69, 9.17) is 14.6 Å². The fourth-order valence-electron chi connectivity index (χ4n) is 4.62. The second kappa shape index (κ2) is 8.47. The lowest BCUT2D eigenvalue weighted by molar-refractivity contribution is 0.297. The largest absolute Gasteiger partial charge is 0.490 e. The Morgan fingerprint density at radius 2 is 1.83 bits per heavy atom. The summed E-state index contributed by atoms with van der Waals surface area (Å²) in [5.41, 5.74) is 6.29. The number of rotatable bonds is 4. The van der Waals surface area contributed by atoms with Crippen LogP contribution in [0, 0.1) is 6.92 Å². The molecule has 0 radical (unpaired) electrons. The number of ether oxygens (including phenoxy) is 2. The normalized spacial score (nSPS) is 13.1. The molecule has 5 aromatic rings. The molecule has 1 aliphatic rings. The molecule has 0 saturated carbocycles. The van der Waals surface area contributed by atoms with Gasteiger partial charge in [-0.2, -0.15) is 5.10 Å². The highest BCUT2D eigenvalue weighted by Gasteiger charge is 2.18. The highest BCUT2D eigenvalue weighted by Crippen LogP contribution is 2.38. The molecule has 2 aromatic heterocycles. The molecule has 6 rings (SSSR count). The van der Waals surface area contributed by atoms with Gasteiger partial charge in [-0.05, 0) is 48.4 Å². The highest BCUT2D eigenvalue weighted by atomic mass is 16.5. The molecule has 8 nitrogen and oxygen atoms in total. The Morgan fingerprint density at radius 3 is 2.69 bits per heavy atom. The van der Waals surface area contributed by atoms with Crippen LogP contribution in [-0.2, 0) is 7.05 Å². The van der Waals surface area contributed by atoms with E-state index < -0.39 is 0 Å². The van der Waals surface area contributed by atoms with Crippen molar-refractivity contribution in [3.05, 3.63) is 60.3 Å². The molecule has 35 heavy (non-hydrogen) atoms. The van der Waals surface area contributed by atoms with Crippen molar-refractivity contribution >= 4 is 39.3 Å². The van der Waals surface area contributed by atoms with E-state index in [2.05, 4.69) is 51.8 Å². The monoisotopic (exact) mass is 466 g/mol. The molecule has 0 saturated heterocycles. The van der Waals surface area contributed by atoms with E-state index in [-0.39, 0.29) is 0 Å². The number of hydrogen-bond acceptors (Lipinski definition) is 7. The van der Waals surface area contributed by atoms with Crippen LogP contribution in [0.3, 0.4) is 0 Å². The lowest BCUT2D eigenvalue weighted by Crippen LogP contribution is -1.97. The van der Waals surface area contributed by atoms with Gasteiger partial charge >= 0.3 is 0 Å². The molecule has 0 spiro atoms. The zero-order valence-corrected chi connectivity index (χ0v) is 19.9. The third-order valence-electron chi connectivity index (χ3n) is 6.32. The van der Waals surface area contributed by atoms with Crippen molar-refractivity contribution in [3.8, 4) is 22.6 Å². The molecule has 0 unspecified atom stereocenters. The molecule has 0 aliphatic carbocycles. The first-order valence-electron chi connectivity index (χ1n) is 11.7. The van der Waals surface area contributed by atoms with Crippen LogP contribution in [-0.4, -0.2) is 40.0 Å². The Kier molecular flexibility index (Phi) is 5.13. The molecule has 0 fully saturated rings. The van der Waals surface area contributed by atoms with E-state index in [9.17, 15) is 0 Å². The number of fused-ring (bicyclic) bond motifs is 3. The molecule has 8 heteroatoms. The smallest absolute Gasteiger partial charge is 0.222 e. The zero-order valence-electron chi connectivity index (χ0n) is 19.9. The third-order valence-corrected chi connectivity index (χ3v) is 6.32. The van der Waals surface area contributed by atoms with Crippen molar-refractivity contribution in [3.63, 3.8) is 0 Å². The summed E-state index contributed by atoms with van der Waals surface area (Å²) in [6.45, 7) is 3.45. The SMILES string of the molecule is CNc1ncc2cc(-c3c(C)ccc4c(Nc5ccc6c(c5)OCCCO6)nn(C)c34)ccc2n1. The standard InChI is InChI=1S/C27H26N6O2/c1-16-5-8-20-25(24(16)17-6-9-21-18(13-17)15-29-27(28-2)31-21)33(3)32-26(20)30-19-7-10-22-23(14-19)35-12-4-11-34-22/h5-10,13-15H,4,11-12H2,1-3H3,(H,30,32)(H,28,29,31). The minimum absolute atomic E-state index is 0.612. The molecule has 2 N–H and O–H groups in total. The Bertz CT molecular complexity index is 1580.